The van der Waals surface area contributed by atoms with Crippen LogP contribution in [0.15, 0.2) is 47.1 Å². The van der Waals surface area contributed by atoms with Crippen LogP contribution in [0.2, 0.25) is 0 Å². The van der Waals surface area contributed by atoms with Crippen LogP contribution in [0.5, 0.6) is 5.75 Å². The number of benzene rings is 1. The highest BCUT2D eigenvalue weighted by atomic mass is 16.5. The molecule has 0 spiro atoms. The molecule has 0 bridgehead atoms. The average Bonchev–Trinajstić information content (AvgIpc) is 2.49. The number of nitrogens with zero attached hydrogens (tertiary/aromatic N) is 1. The van der Waals surface area contributed by atoms with Crippen molar-refractivity contribution in [2.45, 2.75) is 41.5 Å². The maximum atomic E-state index is 5.53. The molecule has 0 unspecified atom stereocenters. The van der Waals surface area contributed by atoms with Crippen LogP contribution in [0.25, 0.3) is 0 Å². The number of allylic oxidation sites excluding steroid dienone is 1. The monoisotopic (exact) mass is 249 g/mol. The summed E-state index contributed by atoms with van der Waals surface area (Å²) in [6.07, 6.45) is 3.71. The zero-order valence-electron chi connectivity index (χ0n) is 12.6. The van der Waals surface area contributed by atoms with E-state index in [-0.39, 0.29) is 0 Å². The average molecular weight is 249 g/mol. The van der Waals surface area contributed by atoms with Gasteiger partial charge in [-0.2, -0.15) is 0 Å². The van der Waals surface area contributed by atoms with Crippen molar-refractivity contribution in [3.63, 3.8) is 0 Å². The molecule has 0 radical (unpaired) electrons. The predicted molar refractivity (Wildman–Crippen MR) is 82.6 cm³/mol. The van der Waals surface area contributed by atoms with Crippen molar-refractivity contribution in [3.05, 3.63) is 42.1 Å². The molecule has 0 atom stereocenters. The van der Waals surface area contributed by atoms with Gasteiger partial charge in [-0.05, 0) is 26.0 Å². The highest BCUT2D eigenvalue weighted by Crippen LogP contribution is 2.09. The maximum absolute atomic E-state index is 5.53. The van der Waals surface area contributed by atoms with Crippen LogP contribution < -0.4 is 4.74 Å². The zero-order valence-corrected chi connectivity index (χ0v) is 12.6. The number of rotatable bonds is 4. The van der Waals surface area contributed by atoms with Gasteiger partial charge >= 0.3 is 0 Å². The summed E-state index contributed by atoms with van der Waals surface area (Å²) in [5.41, 5.74) is 0.941. The third-order valence-electron chi connectivity index (χ3n) is 1.76. The van der Waals surface area contributed by atoms with E-state index in [0.717, 1.165) is 11.4 Å². The smallest absolute Gasteiger partial charge is 0.130 e. The van der Waals surface area contributed by atoms with Crippen molar-refractivity contribution >= 4 is 6.21 Å². The van der Waals surface area contributed by atoms with Gasteiger partial charge in [0.05, 0.1) is 5.70 Å². The van der Waals surface area contributed by atoms with Crippen LogP contribution in [0.3, 0.4) is 0 Å². The summed E-state index contributed by atoms with van der Waals surface area (Å²) in [6.45, 7) is 12.4. The minimum atomic E-state index is 0.519. The van der Waals surface area contributed by atoms with Crippen LogP contribution in [0.4, 0.5) is 0 Å². The van der Waals surface area contributed by atoms with E-state index < -0.39 is 0 Å². The molecule has 0 saturated carbocycles. The molecule has 2 nitrogen and oxygen atoms in total. The normalized spacial score (nSPS) is 10.0. The summed E-state index contributed by atoms with van der Waals surface area (Å²) in [5, 5.41) is 0. The van der Waals surface area contributed by atoms with E-state index in [1.807, 2.05) is 78.0 Å². The quantitative estimate of drug-likeness (QED) is 0.679. The second-order valence-corrected chi connectivity index (χ2v) is 2.77. The molecule has 0 aliphatic heterocycles. The van der Waals surface area contributed by atoms with E-state index in [2.05, 4.69) is 4.99 Å². The molecule has 102 valence electrons. The third-order valence-corrected chi connectivity index (χ3v) is 1.76. The number of ether oxygens (including phenoxy) is 1. The summed E-state index contributed by atoms with van der Waals surface area (Å²) in [7, 11) is 0. The van der Waals surface area contributed by atoms with Gasteiger partial charge in [0.2, 0.25) is 0 Å². The fraction of sp³-hybridized carbons (Fsp3) is 0.438. The standard InChI is InChI=1S/C12H15NO.2C2H6/c1-3-11(13-4-2)10-14-12-8-6-5-7-9-12;2*1-2/h3-9H,10H2,1-2H3;2*1-2H3/b11-3-,13-4?;;. The highest BCUT2D eigenvalue weighted by Gasteiger charge is 1.94. The predicted octanol–water partition coefficient (Wildman–Crippen LogP) is 5.11. The van der Waals surface area contributed by atoms with Crippen LogP contribution in [-0.2, 0) is 0 Å². The minimum absolute atomic E-state index is 0.519. The van der Waals surface area contributed by atoms with Gasteiger partial charge in [-0.3, -0.25) is 4.99 Å². The van der Waals surface area contributed by atoms with E-state index in [1.165, 1.54) is 0 Å². The Morgan fingerprint density at radius 2 is 1.61 bits per heavy atom. The van der Waals surface area contributed by atoms with Crippen molar-refractivity contribution < 1.29 is 4.74 Å². The van der Waals surface area contributed by atoms with Crippen molar-refractivity contribution in [3.8, 4) is 5.75 Å². The van der Waals surface area contributed by atoms with Crippen LogP contribution in [0.1, 0.15) is 41.5 Å². The van der Waals surface area contributed by atoms with Crippen LogP contribution in [-0.4, -0.2) is 12.8 Å². The van der Waals surface area contributed by atoms with Gasteiger partial charge in [0, 0.05) is 6.21 Å². The van der Waals surface area contributed by atoms with Gasteiger partial charge in [-0.15, -0.1) is 0 Å². The summed E-state index contributed by atoms with van der Waals surface area (Å²) in [4.78, 5) is 4.17. The van der Waals surface area contributed by atoms with Crippen LogP contribution >= 0.6 is 0 Å². The first-order valence-corrected chi connectivity index (χ1v) is 6.68. The van der Waals surface area contributed by atoms with E-state index in [4.69, 9.17) is 4.74 Å². The Morgan fingerprint density at radius 1 is 1.06 bits per heavy atom. The maximum Gasteiger partial charge on any atom is 0.130 e. The van der Waals surface area contributed by atoms with E-state index in [1.54, 1.807) is 6.21 Å². The lowest BCUT2D eigenvalue weighted by atomic mass is 10.3. The van der Waals surface area contributed by atoms with Crippen molar-refractivity contribution in [1.82, 2.24) is 0 Å². The van der Waals surface area contributed by atoms with Crippen LogP contribution in [0, 0.1) is 0 Å². The Kier molecular flexibility index (Phi) is 16.1. The molecular formula is C16H27NO. The fourth-order valence-corrected chi connectivity index (χ4v) is 1.03. The van der Waals surface area contributed by atoms with Gasteiger partial charge in [-0.25, -0.2) is 0 Å². The molecule has 1 rings (SSSR count). The van der Waals surface area contributed by atoms with Crippen molar-refractivity contribution in [2.75, 3.05) is 6.61 Å². The molecule has 18 heavy (non-hydrogen) atoms. The number of aliphatic imine (C=N–C) groups is 1. The second-order valence-electron chi connectivity index (χ2n) is 2.77. The lowest BCUT2D eigenvalue weighted by Gasteiger charge is -2.05. The lowest BCUT2D eigenvalue weighted by molar-refractivity contribution is 0.350. The number of hydrogen-bond acceptors (Lipinski definition) is 2. The third kappa shape index (κ3) is 9.64. The molecule has 0 heterocycles. The SMILES string of the molecule is CC.CC.CC=N/C(=C\C)COc1ccccc1. The summed E-state index contributed by atoms with van der Waals surface area (Å²) >= 11 is 0. The zero-order chi connectivity index (χ0) is 14.2. The van der Waals surface area contributed by atoms with Gasteiger partial charge in [0.15, 0.2) is 0 Å². The Labute approximate surface area is 112 Å². The number of hydrogen-bond donors (Lipinski definition) is 0. The lowest BCUT2D eigenvalue weighted by Crippen LogP contribution is -1.99. The largest absolute Gasteiger partial charge is 0.487 e. The molecule has 0 N–H and O–H groups in total. The minimum Gasteiger partial charge on any atom is -0.487 e. The molecule has 1 aromatic rings. The van der Waals surface area contributed by atoms with E-state index >= 15 is 0 Å². The summed E-state index contributed by atoms with van der Waals surface area (Å²) < 4.78 is 5.53. The topological polar surface area (TPSA) is 21.6 Å². The molecule has 0 aromatic heterocycles. The van der Waals surface area contributed by atoms with Gasteiger partial charge in [0.1, 0.15) is 12.4 Å². The number of para-hydroxylation sites is 1. The van der Waals surface area contributed by atoms with E-state index in [9.17, 15) is 0 Å². The molecule has 0 aliphatic carbocycles. The first kappa shape index (κ1) is 18.8. The molecule has 0 aliphatic rings. The molecule has 1 aromatic carbocycles. The van der Waals surface area contributed by atoms with Gasteiger partial charge < -0.3 is 4.74 Å². The first-order chi connectivity index (χ1) is 8.86. The Morgan fingerprint density at radius 3 is 2.06 bits per heavy atom. The first-order valence-electron chi connectivity index (χ1n) is 6.68. The Bertz CT molecular complexity index is 315. The Balaban J connectivity index is 0. The van der Waals surface area contributed by atoms with E-state index in [0.29, 0.717) is 6.61 Å². The van der Waals surface area contributed by atoms with Gasteiger partial charge in [-0.1, -0.05) is 52.0 Å². The van der Waals surface area contributed by atoms with Crippen molar-refractivity contribution in [2.24, 2.45) is 4.99 Å². The molecule has 0 amide bonds. The van der Waals surface area contributed by atoms with Gasteiger partial charge in [0.25, 0.3) is 0 Å². The highest BCUT2D eigenvalue weighted by molar-refractivity contribution is 5.55. The molecular weight excluding hydrogens is 222 g/mol. The molecule has 0 fully saturated rings. The molecule has 0 saturated heterocycles. The fourth-order valence-electron chi connectivity index (χ4n) is 1.03. The summed E-state index contributed by atoms with van der Waals surface area (Å²) in [5.74, 6) is 0.873. The second kappa shape index (κ2) is 15.4. The molecule has 2 heteroatoms. The summed E-state index contributed by atoms with van der Waals surface area (Å²) in [6, 6.07) is 9.74. The van der Waals surface area contributed by atoms with Crippen molar-refractivity contribution in [1.29, 1.82) is 0 Å². The Hall–Kier alpha value is -1.57.